The Labute approximate surface area is 176 Å². The van der Waals surface area contributed by atoms with Gasteiger partial charge >= 0.3 is 0 Å². The Balaban J connectivity index is 1.33. The highest BCUT2D eigenvalue weighted by atomic mass is 16.7. The molecule has 0 spiro atoms. The monoisotopic (exact) mass is 395 g/mol. The van der Waals surface area contributed by atoms with Crippen LogP contribution >= 0.6 is 0 Å². The minimum Gasteiger partial charge on any atom is -0.353 e. The van der Waals surface area contributed by atoms with Gasteiger partial charge in [0.1, 0.15) is 0 Å². The molecule has 3 nitrogen and oxygen atoms in total. The van der Waals surface area contributed by atoms with Crippen LogP contribution in [0.4, 0.5) is 0 Å². The smallest absolute Gasteiger partial charge is 0.157 e. The number of fused-ring (bicyclic) bond motifs is 5. The van der Waals surface area contributed by atoms with E-state index in [0.29, 0.717) is 11.5 Å². The first-order valence-electron chi connectivity index (χ1n) is 12.1. The van der Waals surface area contributed by atoms with Gasteiger partial charge in [-0.25, -0.2) is 0 Å². The van der Waals surface area contributed by atoms with Crippen molar-refractivity contribution >= 4 is 0 Å². The molecule has 0 aromatic heterocycles. The lowest BCUT2D eigenvalue weighted by molar-refractivity contribution is -0.195. The highest BCUT2D eigenvalue weighted by molar-refractivity contribution is 5.31. The molecule has 7 atom stereocenters. The largest absolute Gasteiger partial charge is 0.353 e. The van der Waals surface area contributed by atoms with E-state index in [1.165, 1.54) is 56.9 Å². The number of allylic oxidation sites excluding steroid dienone is 3. The van der Waals surface area contributed by atoms with Crippen LogP contribution in [0.15, 0.2) is 23.3 Å². The average Bonchev–Trinajstić information content (AvgIpc) is 3.06. The Morgan fingerprint density at radius 1 is 1.10 bits per heavy atom. The highest BCUT2D eigenvalue weighted by Gasteiger charge is 2.57. The molecule has 5 aliphatic rings. The molecule has 0 bridgehead atoms. The minimum absolute atomic E-state index is 0.0364. The molecule has 0 radical (unpaired) electrons. The predicted octanol–water partition coefficient (Wildman–Crippen LogP) is 6.31. The van der Waals surface area contributed by atoms with E-state index in [4.69, 9.17) is 9.47 Å². The van der Waals surface area contributed by atoms with E-state index < -0.39 is 0 Å². The lowest BCUT2D eigenvalue weighted by Gasteiger charge is -2.57. The van der Waals surface area contributed by atoms with Gasteiger partial charge in [0, 0.05) is 12.7 Å². The number of ether oxygens (including phenoxy) is 2. The lowest BCUT2D eigenvalue weighted by atomic mass is 9.48. The summed E-state index contributed by atoms with van der Waals surface area (Å²) in [5.74, 6) is 2.38. The summed E-state index contributed by atoms with van der Waals surface area (Å²) in [5.41, 5.74) is 3.75. The number of hydrogen-bond donors (Lipinski definition) is 0. The third-order valence-corrected chi connectivity index (χ3v) is 9.63. The summed E-state index contributed by atoms with van der Waals surface area (Å²) in [7, 11) is 0. The quantitative estimate of drug-likeness (QED) is 0.406. The van der Waals surface area contributed by atoms with Gasteiger partial charge in [-0.15, -0.1) is 0 Å². The molecule has 0 aromatic carbocycles. The van der Waals surface area contributed by atoms with Gasteiger partial charge in [-0.2, -0.15) is 5.26 Å². The second kappa shape index (κ2) is 7.54. The zero-order chi connectivity index (χ0) is 20.1. The first-order chi connectivity index (χ1) is 14.0. The molecule has 1 aliphatic heterocycles. The molecule has 7 unspecified atom stereocenters. The summed E-state index contributed by atoms with van der Waals surface area (Å²) in [6, 6.07) is 2.33. The van der Waals surface area contributed by atoms with Crippen LogP contribution in [0, 0.1) is 39.9 Å². The second-order valence-corrected chi connectivity index (χ2v) is 10.8. The molecule has 3 heteroatoms. The van der Waals surface area contributed by atoms with Crippen LogP contribution in [-0.2, 0) is 9.47 Å². The average molecular weight is 396 g/mol. The maximum Gasteiger partial charge on any atom is 0.157 e. The van der Waals surface area contributed by atoms with Crippen LogP contribution in [0.2, 0.25) is 0 Å². The Morgan fingerprint density at radius 2 is 1.93 bits per heavy atom. The maximum absolute atomic E-state index is 9.24. The van der Waals surface area contributed by atoms with Crippen molar-refractivity contribution in [1.29, 1.82) is 5.26 Å². The summed E-state index contributed by atoms with van der Waals surface area (Å²) < 4.78 is 12.2. The van der Waals surface area contributed by atoms with E-state index in [-0.39, 0.29) is 11.7 Å². The van der Waals surface area contributed by atoms with Crippen molar-refractivity contribution in [2.75, 3.05) is 6.61 Å². The lowest BCUT2D eigenvalue weighted by Crippen LogP contribution is -2.50. The molecular formula is C26H37NO2. The molecule has 1 saturated heterocycles. The third kappa shape index (κ3) is 3.22. The van der Waals surface area contributed by atoms with Gasteiger partial charge in [0.05, 0.1) is 12.2 Å². The Kier molecular flexibility index (Phi) is 5.16. The number of nitriles is 1. The van der Waals surface area contributed by atoms with Crippen molar-refractivity contribution < 1.29 is 9.47 Å². The fourth-order valence-electron chi connectivity index (χ4n) is 7.94. The maximum atomic E-state index is 9.24. The molecule has 29 heavy (non-hydrogen) atoms. The molecule has 3 saturated carbocycles. The molecule has 4 fully saturated rings. The fraction of sp³-hybridized carbons (Fsp3) is 0.808. The van der Waals surface area contributed by atoms with Gasteiger partial charge < -0.3 is 9.47 Å². The van der Waals surface area contributed by atoms with E-state index in [2.05, 4.69) is 26.0 Å². The fourth-order valence-corrected chi connectivity index (χ4v) is 7.94. The zero-order valence-corrected chi connectivity index (χ0v) is 18.3. The van der Waals surface area contributed by atoms with Gasteiger partial charge in [0.2, 0.25) is 0 Å². The van der Waals surface area contributed by atoms with Crippen molar-refractivity contribution in [1.82, 2.24) is 0 Å². The third-order valence-electron chi connectivity index (χ3n) is 9.63. The number of rotatable bonds is 2. The van der Waals surface area contributed by atoms with Crippen LogP contribution in [0.1, 0.15) is 84.5 Å². The second-order valence-electron chi connectivity index (χ2n) is 10.8. The summed E-state index contributed by atoms with van der Waals surface area (Å²) in [6.07, 6.45) is 18.2. The van der Waals surface area contributed by atoms with Crippen molar-refractivity contribution in [3.8, 4) is 6.07 Å². The molecule has 0 aromatic rings. The topological polar surface area (TPSA) is 42.2 Å². The molecule has 0 amide bonds. The van der Waals surface area contributed by atoms with E-state index in [0.717, 1.165) is 43.6 Å². The molecule has 1 heterocycles. The Morgan fingerprint density at radius 3 is 2.72 bits per heavy atom. The van der Waals surface area contributed by atoms with Gasteiger partial charge in [-0.3, -0.25) is 0 Å². The molecule has 158 valence electrons. The Bertz CT molecular complexity index is 742. The molecule has 5 rings (SSSR count). The summed E-state index contributed by atoms with van der Waals surface area (Å²) in [4.78, 5) is 0. The van der Waals surface area contributed by atoms with E-state index >= 15 is 0 Å². The standard InChI is InChI=1S/C26H37NO2/c1-25-14-11-23-21(22(25)9-7-18(25)12-15-27)8-6-19-17-20(10-13-26(19,23)2)29-24-5-3-4-16-28-24/h6,12,20-24H,3-5,7-11,13-14,16-17H2,1-2H3. The van der Waals surface area contributed by atoms with Crippen LogP contribution in [0.25, 0.3) is 0 Å². The van der Waals surface area contributed by atoms with Gasteiger partial charge in [0.15, 0.2) is 6.29 Å². The number of nitrogens with zero attached hydrogens (tertiary/aromatic N) is 1. The highest BCUT2D eigenvalue weighted by Crippen LogP contribution is 2.66. The van der Waals surface area contributed by atoms with Crippen molar-refractivity contribution in [3.63, 3.8) is 0 Å². The van der Waals surface area contributed by atoms with Crippen molar-refractivity contribution in [2.45, 2.75) is 96.9 Å². The Hall–Kier alpha value is -1.11. The van der Waals surface area contributed by atoms with Crippen molar-refractivity contribution in [3.05, 3.63) is 23.3 Å². The van der Waals surface area contributed by atoms with Gasteiger partial charge in [-0.1, -0.05) is 31.1 Å². The summed E-state index contributed by atoms with van der Waals surface area (Å²) in [5, 5.41) is 9.24. The van der Waals surface area contributed by atoms with Crippen molar-refractivity contribution in [2.24, 2.45) is 28.6 Å². The first-order valence-corrected chi connectivity index (χ1v) is 12.1. The normalized spacial score (nSPS) is 48.2. The first kappa shape index (κ1) is 19.8. The van der Waals surface area contributed by atoms with Crippen LogP contribution < -0.4 is 0 Å². The van der Waals surface area contributed by atoms with E-state index in [1.807, 2.05) is 6.08 Å². The molecule has 0 N–H and O–H groups in total. The summed E-state index contributed by atoms with van der Waals surface area (Å²) in [6.45, 7) is 5.89. The molecular weight excluding hydrogens is 358 g/mol. The van der Waals surface area contributed by atoms with Crippen LogP contribution in [0.5, 0.6) is 0 Å². The van der Waals surface area contributed by atoms with Crippen LogP contribution in [0.3, 0.4) is 0 Å². The minimum atomic E-state index is 0.0364. The van der Waals surface area contributed by atoms with Gasteiger partial charge in [0.25, 0.3) is 0 Å². The summed E-state index contributed by atoms with van der Waals surface area (Å²) >= 11 is 0. The van der Waals surface area contributed by atoms with E-state index in [1.54, 1.807) is 5.57 Å². The molecule has 4 aliphatic carbocycles. The number of hydrogen-bond acceptors (Lipinski definition) is 3. The van der Waals surface area contributed by atoms with Gasteiger partial charge in [-0.05, 0) is 99.2 Å². The predicted molar refractivity (Wildman–Crippen MR) is 114 cm³/mol. The van der Waals surface area contributed by atoms with Crippen LogP contribution in [-0.4, -0.2) is 19.0 Å². The SMILES string of the molecule is CC12CCC3C(CC=C4CC(OC5CCCCO5)CCC43C)C1CCC2=CC#N. The zero-order valence-electron chi connectivity index (χ0n) is 18.3. The van der Waals surface area contributed by atoms with E-state index in [9.17, 15) is 5.26 Å².